The molecule has 1 amide bonds. The summed E-state index contributed by atoms with van der Waals surface area (Å²) in [5.41, 5.74) is 0.206. The molecular formula is C10H10ClN5O2. The Morgan fingerprint density at radius 3 is 2.94 bits per heavy atom. The third-order valence-corrected chi connectivity index (χ3v) is 2.34. The van der Waals surface area contributed by atoms with Gasteiger partial charge in [-0.3, -0.25) is 10.1 Å². The molecule has 8 heteroatoms. The second kappa shape index (κ2) is 5.01. The van der Waals surface area contributed by atoms with E-state index in [4.69, 9.17) is 16.3 Å². The van der Waals surface area contributed by atoms with E-state index in [-0.39, 0.29) is 16.8 Å². The average molecular weight is 268 g/mol. The highest BCUT2D eigenvalue weighted by molar-refractivity contribution is 6.29. The van der Waals surface area contributed by atoms with Crippen LogP contribution in [0.15, 0.2) is 18.3 Å². The topological polar surface area (TPSA) is 81.9 Å². The molecule has 94 valence electrons. The maximum atomic E-state index is 11.8. The maximum absolute atomic E-state index is 11.8. The summed E-state index contributed by atoms with van der Waals surface area (Å²) in [7, 11) is 3.17. The highest BCUT2D eigenvalue weighted by Gasteiger charge is 2.14. The molecule has 2 aromatic heterocycles. The van der Waals surface area contributed by atoms with E-state index in [1.165, 1.54) is 30.1 Å². The second-order valence-corrected chi connectivity index (χ2v) is 3.74. The van der Waals surface area contributed by atoms with Crippen molar-refractivity contribution in [3.63, 3.8) is 0 Å². The van der Waals surface area contributed by atoms with E-state index in [1.54, 1.807) is 7.05 Å². The first-order valence-corrected chi connectivity index (χ1v) is 5.36. The van der Waals surface area contributed by atoms with Crippen LogP contribution in [-0.4, -0.2) is 32.8 Å². The molecule has 0 fully saturated rings. The molecule has 0 saturated carbocycles. The van der Waals surface area contributed by atoms with Crippen LogP contribution in [0.3, 0.4) is 0 Å². The fourth-order valence-electron chi connectivity index (χ4n) is 1.31. The summed E-state index contributed by atoms with van der Waals surface area (Å²) in [5.74, 6) is 0.167. The smallest absolute Gasteiger partial charge is 0.278 e. The van der Waals surface area contributed by atoms with E-state index < -0.39 is 5.91 Å². The number of carbonyl (C=O) groups excluding carboxylic acids is 1. The van der Waals surface area contributed by atoms with Crippen molar-refractivity contribution in [2.24, 2.45) is 7.05 Å². The van der Waals surface area contributed by atoms with Crippen LogP contribution in [0.1, 0.15) is 10.5 Å². The lowest BCUT2D eigenvalue weighted by atomic mass is 10.4. The standard InChI is InChI=1S/C10H10ClN5O2/c1-16-8(18-2)5-6(15-16)9(17)14-10-12-4-3-7(11)13-10/h3-5H,1-2H3,(H,12,13,14,17). The predicted octanol–water partition coefficient (Wildman–Crippen LogP) is 1.12. The number of halogens is 1. The van der Waals surface area contributed by atoms with Crippen LogP contribution in [0.5, 0.6) is 5.88 Å². The largest absolute Gasteiger partial charge is 0.481 e. The van der Waals surface area contributed by atoms with Gasteiger partial charge >= 0.3 is 0 Å². The summed E-state index contributed by atoms with van der Waals surface area (Å²) < 4.78 is 6.47. The van der Waals surface area contributed by atoms with Crippen molar-refractivity contribution in [2.75, 3.05) is 12.4 Å². The lowest BCUT2D eigenvalue weighted by molar-refractivity contribution is 0.102. The van der Waals surface area contributed by atoms with Crippen LogP contribution in [0.2, 0.25) is 5.15 Å². The molecule has 0 bridgehead atoms. The molecule has 2 heterocycles. The number of methoxy groups -OCH3 is 1. The van der Waals surface area contributed by atoms with Gasteiger partial charge in [-0.15, -0.1) is 0 Å². The molecule has 0 saturated heterocycles. The minimum absolute atomic E-state index is 0.122. The fraction of sp³-hybridized carbons (Fsp3) is 0.200. The third kappa shape index (κ3) is 2.57. The van der Waals surface area contributed by atoms with E-state index >= 15 is 0 Å². The molecule has 0 aromatic carbocycles. The van der Waals surface area contributed by atoms with Crippen molar-refractivity contribution in [1.82, 2.24) is 19.7 Å². The Morgan fingerprint density at radius 1 is 1.56 bits per heavy atom. The number of carbonyl (C=O) groups is 1. The molecule has 0 unspecified atom stereocenters. The molecule has 0 radical (unpaired) electrons. The highest BCUT2D eigenvalue weighted by Crippen LogP contribution is 2.12. The first kappa shape index (κ1) is 12.3. The molecule has 18 heavy (non-hydrogen) atoms. The molecule has 2 aromatic rings. The minimum Gasteiger partial charge on any atom is -0.481 e. The number of anilines is 1. The molecule has 0 aliphatic heterocycles. The van der Waals surface area contributed by atoms with Crippen molar-refractivity contribution in [3.8, 4) is 5.88 Å². The average Bonchev–Trinajstić information content (AvgIpc) is 2.70. The molecule has 2 rings (SSSR count). The van der Waals surface area contributed by atoms with Gasteiger partial charge < -0.3 is 4.74 Å². The zero-order valence-electron chi connectivity index (χ0n) is 9.72. The van der Waals surface area contributed by atoms with E-state index in [9.17, 15) is 4.79 Å². The Kier molecular flexibility index (Phi) is 3.42. The van der Waals surface area contributed by atoms with E-state index in [0.717, 1.165) is 0 Å². The Balaban J connectivity index is 2.16. The first-order valence-electron chi connectivity index (χ1n) is 4.98. The second-order valence-electron chi connectivity index (χ2n) is 3.35. The van der Waals surface area contributed by atoms with Crippen molar-refractivity contribution >= 4 is 23.5 Å². The minimum atomic E-state index is -0.434. The Hall–Kier alpha value is -2.15. The maximum Gasteiger partial charge on any atom is 0.278 e. The van der Waals surface area contributed by atoms with Gasteiger partial charge in [0.1, 0.15) is 5.15 Å². The quantitative estimate of drug-likeness (QED) is 0.843. The van der Waals surface area contributed by atoms with Gasteiger partial charge in [0, 0.05) is 19.3 Å². The monoisotopic (exact) mass is 267 g/mol. The van der Waals surface area contributed by atoms with Crippen LogP contribution in [0, 0.1) is 0 Å². The van der Waals surface area contributed by atoms with Gasteiger partial charge in [-0.25, -0.2) is 14.6 Å². The Morgan fingerprint density at radius 2 is 2.33 bits per heavy atom. The number of aryl methyl sites for hydroxylation is 1. The molecular weight excluding hydrogens is 258 g/mol. The van der Waals surface area contributed by atoms with Gasteiger partial charge in [-0.1, -0.05) is 11.6 Å². The molecule has 0 aliphatic rings. The highest BCUT2D eigenvalue weighted by atomic mass is 35.5. The number of hydrogen-bond acceptors (Lipinski definition) is 5. The summed E-state index contributed by atoms with van der Waals surface area (Å²) in [6.45, 7) is 0. The number of nitrogens with one attached hydrogen (secondary N) is 1. The molecule has 0 spiro atoms. The third-order valence-electron chi connectivity index (χ3n) is 2.13. The summed E-state index contributed by atoms with van der Waals surface area (Å²) in [5, 5.41) is 6.73. The van der Waals surface area contributed by atoms with E-state index in [2.05, 4.69) is 20.4 Å². The van der Waals surface area contributed by atoms with Gasteiger partial charge in [0.05, 0.1) is 7.11 Å². The molecule has 0 atom stereocenters. The number of aromatic nitrogens is 4. The van der Waals surface area contributed by atoms with Crippen LogP contribution in [0.25, 0.3) is 0 Å². The first-order chi connectivity index (χ1) is 8.60. The van der Waals surface area contributed by atoms with Crippen molar-refractivity contribution in [3.05, 3.63) is 29.2 Å². The van der Waals surface area contributed by atoms with Gasteiger partial charge in [-0.05, 0) is 6.07 Å². The zero-order chi connectivity index (χ0) is 13.1. The zero-order valence-corrected chi connectivity index (χ0v) is 10.5. The number of nitrogens with zero attached hydrogens (tertiary/aromatic N) is 4. The lowest BCUT2D eigenvalue weighted by Gasteiger charge is -2.00. The summed E-state index contributed by atoms with van der Waals surface area (Å²) in [6.07, 6.45) is 1.45. The SMILES string of the molecule is COc1cc(C(=O)Nc2nccc(Cl)n2)nn1C. The molecule has 0 aliphatic carbocycles. The van der Waals surface area contributed by atoms with Gasteiger partial charge in [0.25, 0.3) is 5.91 Å². The van der Waals surface area contributed by atoms with Crippen LogP contribution >= 0.6 is 11.6 Å². The van der Waals surface area contributed by atoms with Crippen LogP contribution in [-0.2, 0) is 7.05 Å². The number of amides is 1. The van der Waals surface area contributed by atoms with Gasteiger partial charge in [0.2, 0.25) is 11.8 Å². The summed E-state index contributed by atoms with van der Waals surface area (Å²) in [6, 6.07) is 3.03. The van der Waals surface area contributed by atoms with E-state index in [1.807, 2.05) is 0 Å². The summed E-state index contributed by atoms with van der Waals surface area (Å²) in [4.78, 5) is 19.5. The van der Waals surface area contributed by atoms with Crippen LogP contribution in [0.4, 0.5) is 5.95 Å². The Labute approximate surface area is 108 Å². The van der Waals surface area contributed by atoms with Gasteiger partial charge in [-0.2, -0.15) is 5.10 Å². The molecule has 1 N–H and O–H groups in total. The fourth-order valence-corrected chi connectivity index (χ4v) is 1.45. The molecule has 7 nitrogen and oxygen atoms in total. The number of ether oxygens (including phenoxy) is 1. The lowest BCUT2D eigenvalue weighted by Crippen LogP contribution is -2.15. The van der Waals surface area contributed by atoms with Crippen molar-refractivity contribution < 1.29 is 9.53 Å². The summed E-state index contributed by atoms with van der Waals surface area (Å²) >= 11 is 5.68. The normalized spacial score (nSPS) is 10.2. The van der Waals surface area contributed by atoms with E-state index in [0.29, 0.717) is 5.88 Å². The number of rotatable bonds is 3. The van der Waals surface area contributed by atoms with Gasteiger partial charge in [0.15, 0.2) is 5.69 Å². The number of hydrogen-bond donors (Lipinski definition) is 1. The Bertz CT molecular complexity index is 583. The van der Waals surface area contributed by atoms with Crippen LogP contribution < -0.4 is 10.1 Å². The van der Waals surface area contributed by atoms with Crippen molar-refractivity contribution in [1.29, 1.82) is 0 Å². The predicted molar refractivity (Wildman–Crippen MR) is 64.8 cm³/mol. The van der Waals surface area contributed by atoms with Crippen molar-refractivity contribution in [2.45, 2.75) is 0 Å².